The summed E-state index contributed by atoms with van der Waals surface area (Å²) in [5, 5.41) is 0. The van der Waals surface area contributed by atoms with Crippen LogP contribution in [0.5, 0.6) is 0 Å². The van der Waals surface area contributed by atoms with Crippen molar-refractivity contribution in [2.24, 2.45) is 11.7 Å². The highest BCUT2D eigenvalue weighted by Crippen LogP contribution is 2.44. The molecule has 0 radical (unpaired) electrons. The largest absolute Gasteiger partial charge is 0.326 e. The van der Waals surface area contributed by atoms with Crippen molar-refractivity contribution in [1.29, 1.82) is 0 Å². The Morgan fingerprint density at radius 1 is 1.38 bits per heavy atom. The molecule has 1 nitrogen and oxygen atoms in total. The third kappa shape index (κ3) is 1.73. The van der Waals surface area contributed by atoms with Gasteiger partial charge in [-0.05, 0) is 29.9 Å². The van der Waals surface area contributed by atoms with Crippen LogP contribution in [0.3, 0.4) is 0 Å². The predicted molar refractivity (Wildman–Crippen MR) is 50.9 cm³/mol. The van der Waals surface area contributed by atoms with Crippen LogP contribution in [-0.4, -0.2) is 0 Å². The van der Waals surface area contributed by atoms with Gasteiger partial charge in [0.15, 0.2) is 0 Å². The van der Waals surface area contributed by atoms with Gasteiger partial charge < -0.3 is 5.73 Å². The summed E-state index contributed by atoms with van der Waals surface area (Å²) in [4.78, 5) is 0. The Bertz CT molecular complexity index is 294. The summed E-state index contributed by atoms with van der Waals surface area (Å²) < 4.78 is 13.7. The van der Waals surface area contributed by atoms with Gasteiger partial charge in [0.25, 0.3) is 0 Å². The maximum absolute atomic E-state index is 13.7. The lowest BCUT2D eigenvalue weighted by Gasteiger charge is -2.11. The van der Waals surface area contributed by atoms with Crippen molar-refractivity contribution in [1.82, 2.24) is 0 Å². The smallest absolute Gasteiger partial charge is 0.128 e. The van der Waals surface area contributed by atoms with Crippen LogP contribution in [0.4, 0.5) is 4.39 Å². The summed E-state index contributed by atoms with van der Waals surface area (Å²) in [5.74, 6) is 0.257. The number of halogens is 1. The molecule has 0 amide bonds. The Kier molecular flexibility index (Phi) is 2.32. The Labute approximate surface area is 77.8 Å². The molecule has 1 aromatic carbocycles. The summed E-state index contributed by atoms with van der Waals surface area (Å²) in [6.45, 7) is 0.434. The molecular weight excluding hydrogens is 165 g/mol. The lowest BCUT2D eigenvalue weighted by atomic mass is 10.0. The minimum atomic E-state index is -0.792. The van der Waals surface area contributed by atoms with E-state index in [9.17, 15) is 4.39 Å². The molecule has 0 aliphatic heterocycles. The zero-order valence-corrected chi connectivity index (χ0v) is 7.54. The van der Waals surface area contributed by atoms with E-state index in [2.05, 4.69) is 0 Å². The molecule has 0 aromatic heterocycles. The van der Waals surface area contributed by atoms with E-state index < -0.39 is 6.17 Å². The second-order valence-electron chi connectivity index (χ2n) is 3.64. The van der Waals surface area contributed by atoms with Gasteiger partial charge in [-0.1, -0.05) is 24.3 Å². The van der Waals surface area contributed by atoms with Crippen LogP contribution >= 0.6 is 0 Å². The van der Waals surface area contributed by atoms with Crippen LogP contribution in [0.1, 0.15) is 30.1 Å². The Hall–Kier alpha value is -0.890. The van der Waals surface area contributed by atoms with E-state index in [0.717, 1.165) is 24.0 Å². The van der Waals surface area contributed by atoms with E-state index in [0.29, 0.717) is 6.54 Å². The summed E-state index contributed by atoms with van der Waals surface area (Å²) >= 11 is 0. The molecule has 0 bridgehead atoms. The third-order valence-corrected chi connectivity index (χ3v) is 2.61. The van der Waals surface area contributed by atoms with Crippen LogP contribution in [0.15, 0.2) is 24.3 Å². The van der Waals surface area contributed by atoms with Crippen molar-refractivity contribution in [2.75, 3.05) is 0 Å². The standard InChI is InChI=1S/C11H14FN/c12-11(8-5-6-8)10-4-2-1-3-9(10)7-13/h1-4,8,11H,5-7,13H2. The van der Waals surface area contributed by atoms with E-state index in [4.69, 9.17) is 5.73 Å². The number of rotatable bonds is 3. The van der Waals surface area contributed by atoms with E-state index in [1.807, 2.05) is 24.3 Å². The molecule has 1 aromatic rings. The molecular formula is C11H14FN. The van der Waals surface area contributed by atoms with Gasteiger partial charge in [0.1, 0.15) is 6.17 Å². The summed E-state index contributed by atoms with van der Waals surface area (Å²) in [5.41, 5.74) is 7.29. The quantitative estimate of drug-likeness (QED) is 0.758. The molecule has 2 rings (SSSR count). The van der Waals surface area contributed by atoms with Crippen molar-refractivity contribution < 1.29 is 4.39 Å². The number of alkyl halides is 1. The van der Waals surface area contributed by atoms with Crippen LogP contribution in [0, 0.1) is 5.92 Å². The molecule has 1 saturated carbocycles. The zero-order chi connectivity index (χ0) is 9.26. The molecule has 2 heteroatoms. The van der Waals surface area contributed by atoms with Crippen LogP contribution in [0.2, 0.25) is 0 Å². The van der Waals surface area contributed by atoms with E-state index in [1.54, 1.807) is 0 Å². The lowest BCUT2D eigenvalue weighted by molar-refractivity contribution is 0.304. The Morgan fingerprint density at radius 3 is 2.69 bits per heavy atom. The first-order valence-corrected chi connectivity index (χ1v) is 4.75. The van der Waals surface area contributed by atoms with Crippen molar-refractivity contribution in [3.8, 4) is 0 Å². The lowest BCUT2D eigenvalue weighted by Crippen LogP contribution is -2.04. The maximum atomic E-state index is 13.7. The average molecular weight is 179 g/mol. The molecule has 0 heterocycles. The van der Waals surface area contributed by atoms with E-state index >= 15 is 0 Å². The monoisotopic (exact) mass is 179 g/mol. The van der Waals surface area contributed by atoms with Gasteiger partial charge in [-0.2, -0.15) is 0 Å². The minimum absolute atomic E-state index is 0.257. The van der Waals surface area contributed by atoms with Gasteiger partial charge in [0.2, 0.25) is 0 Å². The number of nitrogens with two attached hydrogens (primary N) is 1. The fourth-order valence-corrected chi connectivity index (χ4v) is 1.63. The Balaban J connectivity index is 2.26. The van der Waals surface area contributed by atoms with Gasteiger partial charge in [-0.25, -0.2) is 4.39 Å². The van der Waals surface area contributed by atoms with E-state index in [1.165, 1.54) is 0 Å². The van der Waals surface area contributed by atoms with Crippen LogP contribution in [-0.2, 0) is 6.54 Å². The van der Waals surface area contributed by atoms with Gasteiger partial charge in [0, 0.05) is 6.54 Å². The first-order valence-electron chi connectivity index (χ1n) is 4.75. The molecule has 70 valence electrons. The number of hydrogen-bond acceptors (Lipinski definition) is 1. The summed E-state index contributed by atoms with van der Waals surface area (Å²) in [6.07, 6.45) is 1.26. The molecule has 1 fully saturated rings. The van der Waals surface area contributed by atoms with Crippen molar-refractivity contribution in [3.63, 3.8) is 0 Å². The highest BCUT2D eigenvalue weighted by atomic mass is 19.1. The van der Waals surface area contributed by atoms with Crippen molar-refractivity contribution in [2.45, 2.75) is 25.6 Å². The SMILES string of the molecule is NCc1ccccc1C(F)C1CC1. The first kappa shape index (κ1) is 8.70. The van der Waals surface area contributed by atoms with Crippen molar-refractivity contribution in [3.05, 3.63) is 35.4 Å². The highest BCUT2D eigenvalue weighted by molar-refractivity contribution is 5.30. The first-order chi connectivity index (χ1) is 6.33. The van der Waals surface area contributed by atoms with Gasteiger partial charge >= 0.3 is 0 Å². The fourth-order valence-electron chi connectivity index (χ4n) is 1.63. The number of hydrogen-bond donors (Lipinski definition) is 1. The second kappa shape index (κ2) is 3.46. The minimum Gasteiger partial charge on any atom is -0.326 e. The number of benzene rings is 1. The molecule has 0 saturated heterocycles. The van der Waals surface area contributed by atoms with Crippen molar-refractivity contribution >= 4 is 0 Å². The second-order valence-corrected chi connectivity index (χ2v) is 3.64. The topological polar surface area (TPSA) is 26.0 Å². The molecule has 2 N–H and O–H groups in total. The molecule has 1 atom stereocenters. The Morgan fingerprint density at radius 2 is 2.08 bits per heavy atom. The zero-order valence-electron chi connectivity index (χ0n) is 7.54. The van der Waals surface area contributed by atoms with Gasteiger partial charge in [0.05, 0.1) is 0 Å². The summed E-state index contributed by atoms with van der Waals surface area (Å²) in [6, 6.07) is 7.55. The van der Waals surface area contributed by atoms with E-state index in [-0.39, 0.29) is 5.92 Å². The molecule has 1 aliphatic carbocycles. The summed E-state index contributed by atoms with van der Waals surface area (Å²) in [7, 11) is 0. The molecule has 13 heavy (non-hydrogen) atoms. The normalized spacial score (nSPS) is 18.6. The van der Waals surface area contributed by atoms with Gasteiger partial charge in [-0.15, -0.1) is 0 Å². The molecule has 1 aliphatic rings. The molecule has 1 unspecified atom stereocenters. The third-order valence-electron chi connectivity index (χ3n) is 2.61. The molecule has 0 spiro atoms. The fraction of sp³-hybridized carbons (Fsp3) is 0.455. The van der Waals surface area contributed by atoms with Crippen LogP contribution < -0.4 is 5.73 Å². The van der Waals surface area contributed by atoms with Crippen LogP contribution in [0.25, 0.3) is 0 Å². The van der Waals surface area contributed by atoms with Gasteiger partial charge in [-0.3, -0.25) is 0 Å². The predicted octanol–water partition coefficient (Wildman–Crippen LogP) is 2.57. The maximum Gasteiger partial charge on any atom is 0.128 e. The highest BCUT2D eigenvalue weighted by Gasteiger charge is 2.33. The average Bonchev–Trinajstić information content (AvgIpc) is 3.00.